The van der Waals surface area contributed by atoms with E-state index in [1.807, 2.05) is 0 Å². The molecule has 1 atom stereocenters. The Morgan fingerprint density at radius 2 is 2.00 bits per heavy atom. The van der Waals surface area contributed by atoms with Crippen molar-refractivity contribution in [3.05, 3.63) is 48.1 Å². The Labute approximate surface area is 183 Å². The van der Waals surface area contributed by atoms with Crippen LogP contribution in [0.25, 0.3) is 10.9 Å². The van der Waals surface area contributed by atoms with Gasteiger partial charge < -0.3 is 19.8 Å². The minimum atomic E-state index is -0.792. The van der Waals surface area contributed by atoms with Crippen molar-refractivity contribution in [1.82, 2.24) is 4.57 Å². The molecule has 166 valence electrons. The normalized spacial score (nSPS) is 12.7. The fraction of sp³-hybridized carbons (Fsp3) is 0.333. The zero-order chi connectivity index (χ0) is 23.3. The van der Waals surface area contributed by atoms with E-state index in [1.54, 1.807) is 20.1 Å². The number of methoxy groups -OCH3 is 1. The molecule has 0 aliphatic carbocycles. The summed E-state index contributed by atoms with van der Waals surface area (Å²) in [6, 6.07) is 3.12. The summed E-state index contributed by atoms with van der Waals surface area (Å²) in [6.45, 7) is 6.86. The van der Waals surface area contributed by atoms with E-state index >= 15 is 0 Å². The van der Waals surface area contributed by atoms with Crippen LogP contribution < -0.4 is 5.73 Å². The SMILES string of the molecule is C=C(N=C(SC)C(=O)c1cn(COC(=O)C(N)C(C)C)c2ccc(F)cc12)C(=O)OC. The van der Waals surface area contributed by atoms with Crippen LogP contribution in [0.15, 0.2) is 41.7 Å². The Morgan fingerprint density at radius 3 is 2.58 bits per heavy atom. The number of aliphatic imine (C=N–C) groups is 1. The molecule has 2 aromatic rings. The number of rotatable bonds is 8. The van der Waals surface area contributed by atoms with Crippen molar-refractivity contribution in [2.45, 2.75) is 26.6 Å². The third-order valence-corrected chi connectivity index (χ3v) is 5.13. The highest BCUT2D eigenvalue weighted by atomic mass is 32.2. The first-order valence-corrected chi connectivity index (χ1v) is 10.5. The molecule has 0 aliphatic heterocycles. The number of hydrogen-bond acceptors (Lipinski definition) is 8. The van der Waals surface area contributed by atoms with Gasteiger partial charge in [0.25, 0.3) is 0 Å². The van der Waals surface area contributed by atoms with Crippen molar-refractivity contribution < 1.29 is 28.2 Å². The first-order chi connectivity index (χ1) is 14.6. The lowest BCUT2D eigenvalue weighted by molar-refractivity contribution is -0.150. The van der Waals surface area contributed by atoms with Crippen molar-refractivity contribution in [2.75, 3.05) is 13.4 Å². The van der Waals surface area contributed by atoms with Gasteiger partial charge in [0.2, 0.25) is 5.78 Å². The molecule has 0 saturated heterocycles. The smallest absolute Gasteiger partial charge is 0.356 e. The molecular weight excluding hydrogens is 425 g/mol. The number of carbonyl (C=O) groups is 3. The fourth-order valence-electron chi connectivity index (χ4n) is 2.65. The van der Waals surface area contributed by atoms with Gasteiger partial charge in [-0.25, -0.2) is 14.2 Å². The average molecular weight is 450 g/mol. The number of nitrogens with two attached hydrogens (primary N) is 1. The Morgan fingerprint density at radius 1 is 1.32 bits per heavy atom. The molecule has 2 rings (SSSR count). The highest BCUT2D eigenvalue weighted by Gasteiger charge is 2.23. The standard InChI is InChI=1S/C21H24FN3O5S/c1-11(2)17(23)21(28)30-10-25-9-15(14-8-13(22)6-7-16(14)25)18(26)19(31-5)24-12(3)20(27)29-4/h6-9,11,17H,3,10,23H2,1-2,4-5H3. The second-order valence-corrected chi connectivity index (χ2v) is 7.72. The number of aromatic nitrogens is 1. The zero-order valence-electron chi connectivity index (χ0n) is 17.7. The average Bonchev–Trinajstić information content (AvgIpc) is 3.11. The van der Waals surface area contributed by atoms with E-state index in [0.29, 0.717) is 10.9 Å². The molecule has 8 nitrogen and oxygen atoms in total. The topological polar surface area (TPSA) is 113 Å². The van der Waals surface area contributed by atoms with Gasteiger partial charge in [-0.2, -0.15) is 0 Å². The molecule has 1 aromatic heterocycles. The van der Waals surface area contributed by atoms with Crippen LogP contribution in [0.2, 0.25) is 0 Å². The number of nitrogens with zero attached hydrogens (tertiary/aromatic N) is 2. The molecule has 0 aliphatic rings. The lowest BCUT2D eigenvalue weighted by Gasteiger charge is -2.15. The van der Waals surface area contributed by atoms with Gasteiger partial charge in [0.1, 0.15) is 22.6 Å². The lowest BCUT2D eigenvalue weighted by atomic mass is 10.1. The van der Waals surface area contributed by atoms with E-state index in [4.69, 9.17) is 10.5 Å². The van der Waals surface area contributed by atoms with Crippen LogP contribution in [0.3, 0.4) is 0 Å². The molecule has 10 heteroatoms. The van der Waals surface area contributed by atoms with Gasteiger partial charge in [-0.05, 0) is 30.4 Å². The predicted molar refractivity (Wildman–Crippen MR) is 117 cm³/mol. The van der Waals surface area contributed by atoms with Crippen molar-refractivity contribution in [3.8, 4) is 0 Å². The van der Waals surface area contributed by atoms with Gasteiger partial charge in [-0.1, -0.05) is 20.4 Å². The van der Waals surface area contributed by atoms with Gasteiger partial charge in [0.15, 0.2) is 6.73 Å². The minimum absolute atomic E-state index is 0.0301. The molecule has 0 amide bonds. The highest BCUT2D eigenvalue weighted by Crippen LogP contribution is 2.25. The molecule has 31 heavy (non-hydrogen) atoms. The summed E-state index contributed by atoms with van der Waals surface area (Å²) >= 11 is 1.00. The summed E-state index contributed by atoms with van der Waals surface area (Å²) in [5, 5.41) is 0.275. The van der Waals surface area contributed by atoms with Gasteiger partial charge >= 0.3 is 11.9 Å². The number of Topliss-reactive ketones (excluding diaryl/α,β-unsaturated/α-hetero) is 1. The first-order valence-electron chi connectivity index (χ1n) is 9.25. The summed E-state index contributed by atoms with van der Waals surface area (Å²) in [4.78, 5) is 40.7. The van der Waals surface area contributed by atoms with Crippen LogP contribution in [0, 0.1) is 11.7 Å². The zero-order valence-corrected chi connectivity index (χ0v) is 18.5. The van der Waals surface area contributed by atoms with Crippen LogP contribution in [0.1, 0.15) is 24.2 Å². The van der Waals surface area contributed by atoms with E-state index in [2.05, 4.69) is 16.3 Å². The van der Waals surface area contributed by atoms with E-state index in [0.717, 1.165) is 11.8 Å². The Kier molecular flexibility index (Phi) is 8.12. The number of esters is 2. The molecule has 1 unspecified atom stereocenters. The van der Waals surface area contributed by atoms with Gasteiger partial charge in [0, 0.05) is 11.6 Å². The summed E-state index contributed by atoms with van der Waals surface area (Å²) in [7, 11) is 1.17. The van der Waals surface area contributed by atoms with Crippen LogP contribution in [0.5, 0.6) is 0 Å². The molecule has 0 spiro atoms. The number of thioether (sulfide) groups is 1. The van der Waals surface area contributed by atoms with Crippen LogP contribution in [0.4, 0.5) is 4.39 Å². The second kappa shape index (κ2) is 10.4. The minimum Gasteiger partial charge on any atom is -0.464 e. The van der Waals surface area contributed by atoms with Crippen molar-refractivity contribution in [2.24, 2.45) is 16.6 Å². The third-order valence-electron chi connectivity index (χ3n) is 4.47. The molecule has 0 bridgehead atoms. The number of benzene rings is 1. The van der Waals surface area contributed by atoms with Gasteiger partial charge in [-0.3, -0.25) is 9.59 Å². The summed E-state index contributed by atoms with van der Waals surface area (Å²) in [5.74, 6) is -2.56. The number of ether oxygens (including phenoxy) is 2. The Bertz CT molecular complexity index is 1060. The van der Waals surface area contributed by atoms with Crippen molar-refractivity contribution in [3.63, 3.8) is 0 Å². The number of carbonyl (C=O) groups excluding carboxylic acids is 3. The quantitative estimate of drug-likeness (QED) is 0.217. The first kappa shape index (κ1) is 24.3. The van der Waals surface area contributed by atoms with Crippen LogP contribution >= 0.6 is 11.8 Å². The number of halogens is 1. The van der Waals surface area contributed by atoms with E-state index in [9.17, 15) is 18.8 Å². The van der Waals surface area contributed by atoms with Crippen LogP contribution in [-0.2, 0) is 25.8 Å². The number of ketones is 1. The van der Waals surface area contributed by atoms with E-state index in [1.165, 1.54) is 36.1 Å². The highest BCUT2D eigenvalue weighted by molar-refractivity contribution is 8.15. The molecule has 1 heterocycles. The Balaban J connectivity index is 2.44. The van der Waals surface area contributed by atoms with Gasteiger partial charge in [-0.15, -0.1) is 11.8 Å². The van der Waals surface area contributed by atoms with Gasteiger partial charge in [0.05, 0.1) is 18.2 Å². The molecule has 0 saturated carbocycles. The molecule has 1 aromatic carbocycles. The van der Waals surface area contributed by atoms with Crippen LogP contribution in [-0.4, -0.2) is 46.7 Å². The Hall–Kier alpha value is -2.98. The molecule has 0 fully saturated rings. The maximum absolute atomic E-state index is 13.9. The maximum atomic E-state index is 13.9. The van der Waals surface area contributed by atoms with E-state index in [-0.39, 0.29) is 29.0 Å². The molecule has 2 N–H and O–H groups in total. The molecule has 0 radical (unpaired) electrons. The number of hydrogen-bond donors (Lipinski definition) is 1. The van der Waals surface area contributed by atoms with Crippen molar-refractivity contribution >= 4 is 45.4 Å². The lowest BCUT2D eigenvalue weighted by Crippen LogP contribution is -2.37. The molecular formula is C21H24FN3O5S. The largest absolute Gasteiger partial charge is 0.464 e. The summed E-state index contributed by atoms with van der Waals surface area (Å²) in [6.07, 6.45) is 3.05. The monoisotopic (exact) mass is 449 g/mol. The maximum Gasteiger partial charge on any atom is 0.356 e. The van der Waals surface area contributed by atoms with E-state index < -0.39 is 29.6 Å². The predicted octanol–water partition coefficient (Wildman–Crippen LogP) is 2.90. The fourth-order valence-corrected chi connectivity index (χ4v) is 3.15. The second-order valence-electron chi connectivity index (χ2n) is 6.92. The summed E-state index contributed by atoms with van der Waals surface area (Å²) in [5.41, 5.74) is 6.16. The number of fused-ring (bicyclic) bond motifs is 1. The van der Waals surface area contributed by atoms with Crippen molar-refractivity contribution in [1.29, 1.82) is 0 Å². The summed E-state index contributed by atoms with van der Waals surface area (Å²) < 4.78 is 25.2. The third kappa shape index (κ3) is 5.59.